The number of nitrogens with two attached hydrogens (primary N) is 1. The molecule has 134 valence electrons. The standard InChI is InChI=1S/C18H16FN3O2S2/c1-11-16(26-17(21-11)14-3-2-10-25-14)18(24)22(9-8-15(20)23)13-6-4-12(19)5-7-13/h2-7,10H,8-9H2,1H3,(H2,20,23). The van der Waals surface area contributed by atoms with Crippen LogP contribution in [0.4, 0.5) is 10.1 Å². The predicted molar refractivity (Wildman–Crippen MR) is 102 cm³/mol. The highest BCUT2D eigenvalue weighted by molar-refractivity contribution is 7.22. The Kier molecular flexibility index (Phi) is 5.43. The molecule has 0 radical (unpaired) electrons. The molecule has 0 unspecified atom stereocenters. The van der Waals surface area contributed by atoms with Gasteiger partial charge < -0.3 is 10.6 Å². The maximum Gasteiger partial charge on any atom is 0.270 e. The number of aromatic nitrogens is 1. The van der Waals surface area contributed by atoms with E-state index in [9.17, 15) is 14.0 Å². The summed E-state index contributed by atoms with van der Waals surface area (Å²) in [5.74, 6) is -1.19. The molecule has 2 aromatic heterocycles. The van der Waals surface area contributed by atoms with Crippen molar-refractivity contribution < 1.29 is 14.0 Å². The lowest BCUT2D eigenvalue weighted by molar-refractivity contribution is -0.117. The first kappa shape index (κ1) is 18.2. The second-order valence-electron chi connectivity index (χ2n) is 5.56. The molecule has 26 heavy (non-hydrogen) atoms. The SMILES string of the molecule is Cc1nc(-c2cccs2)sc1C(=O)N(CCC(N)=O)c1ccc(F)cc1. The number of hydrogen-bond donors (Lipinski definition) is 1. The van der Waals surface area contributed by atoms with Gasteiger partial charge in [0.2, 0.25) is 5.91 Å². The lowest BCUT2D eigenvalue weighted by atomic mass is 10.2. The smallest absolute Gasteiger partial charge is 0.270 e. The van der Waals surface area contributed by atoms with E-state index in [0.29, 0.717) is 16.3 Å². The number of aryl methyl sites for hydroxylation is 1. The van der Waals surface area contributed by atoms with Crippen LogP contribution in [-0.2, 0) is 4.79 Å². The zero-order valence-corrected chi connectivity index (χ0v) is 15.6. The van der Waals surface area contributed by atoms with Gasteiger partial charge in [-0.1, -0.05) is 6.07 Å². The van der Waals surface area contributed by atoms with Crippen molar-refractivity contribution in [3.63, 3.8) is 0 Å². The fourth-order valence-electron chi connectivity index (χ4n) is 2.41. The van der Waals surface area contributed by atoms with Gasteiger partial charge >= 0.3 is 0 Å². The third-order valence-electron chi connectivity index (χ3n) is 3.69. The lowest BCUT2D eigenvalue weighted by Gasteiger charge is -2.22. The van der Waals surface area contributed by atoms with Gasteiger partial charge in [-0.15, -0.1) is 22.7 Å². The molecule has 2 amide bonds. The van der Waals surface area contributed by atoms with Gasteiger partial charge in [0.05, 0.1) is 10.6 Å². The van der Waals surface area contributed by atoms with Gasteiger partial charge in [0.1, 0.15) is 15.7 Å². The van der Waals surface area contributed by atoms with E-state index in [1.165, 1.54) is 40.5 Å². The lowest BCUT2D eigenvalue weighted by Crippen LogP contribution is -2.34. The summed E-state index contributed by atoms with van der Waals surface area (Å²) in [5.41, 5.74) is 6.36. The van der Waals surface area contributed by atoms with Gasteiger partial charge in [-0.3, -0.25) is 9.59 Å². The van der Waals surface area contributed by atoms with Gasteiger partial charge in [0, 0.05) is 18.7 Å². The van der Waals surface area contributed by atoms with E-state index in [4.69, 9.17) is 5.73 Å². The zero-order chi connectivity index (χ0) is 18.7. The van der Waals surface area contributed by atoms with Crippen LogP contribution in [0.2, 0.25) is 0 Å². The molecule has 0 aliphatic rings. The van der Waals surface area contributed by atoms with Crippen LogP contribution in [0.25, 0.3) is 9.88 Å². The summed E-state index contributed by atoms with van der Waals surface area (Å²) in [6.07, 6.45) is 0.0126. The average molecular weight is 389 g/mol. The number of benzene rings is 1. The molecule has 3 aromatic rings. The number of halogens is 1. The van der Waals surface area contributed by atoms with Crippen LogP contribution in [0, 0.1) is 12.7 Å². The Labute approximate surface area is 157 Å². The monoisotopic (exact) mass is 389 g/mol. The van der Waals surface area contributed by atoms with E-state index in [1.54, 1.807) is 18.3 Å². The van der Waals surface area contributed by atoms with Crippen molar-refractivity contribution in [1.29, 1.82) is 0 Å². The molecule has 2 N–H and O–H groups in total. The van der Waals surface area contributed by atoms with Crippen molar-refractivity contribution >= 4 is 40.2 Å². The van der Waals surface area contributed by atoms with Crippen LogP contribution in [0.15, 0.2) is 41.8 Å². The number of thiazole rings is 1. The minimum absolute atomic E-state index is 0.0126. The largest absolute Gasteiger partial charge is 0.370 e. The second kappa shape index (κ2) is 7.76. The van der Waals surface area contributed by atoms with Gasteiger partial charge in [0.25, 0.3) is 5.91 Å². The van der Waals surface area contributed by atoms with Crippen molar-refractivity contribution in [2.75, 3.05) is 11.4 Å². The molecule has 0 fully saturated rings. The van der Waals surface area contributed by atoms with Gasteiger partial charge in [-0.25, -0.2) is 9.37 Å². The summed E-state index contributed by atoms with van der Waals surface area (Å²) < 4.78 is 13.2. The number of rotatable bonds is 6. The minimum atomic E-state index is -0.509. The molecule has 0 aliphatic carbocycles. The molecule has 0 aliphatic heterocycles. The van der Waals surface area contributed by atoms with Crippen LogP contribution in [0.1, 0.15) is 21.8 Å². The Morgan fingerprint density at radius 1 is 1.23 bits per heavy atom. The highest BCUT2D eigenvalue weighted by Crippen LogP contribution is 2.32. The predicted octanol–water partition coefficient (Wildman–Crippen LogP) is 3.84. The van der Waals surface area contributed by atoms with Crippen LogP contribution in [-0.4, -0.2) is 23.3 Å². The number of primary amides is 1. The zero-order valence-electron chi connectivity index (χ0n) is 13.9. The Balaban J connectivity index is 1.94. The maximum atomic E-state index is 13.2. The third kappa shape index (κ3) is 3.97. The van der Waals surface area contributed by atoms with Crippen molar-refractivity contribution in [3.8, 4) is 9.88 Å². The molecule has 0 spiro atoms. The molecule has 2 heterocycles. The van der Waals surface area contributed by atoms with Gasteiger partial charge in [-0.05, 0) is 42.6 Å². The Bertz CT molecular complexity index is 921. The van der Waals surface area contributed by atoms with Gasteiger partial charge in [-0.2, -0.15) is 0 Å². The fraction of sp³-hybridized carbons (Fsp3) is 0.167. The first-order valence-electron chi connectivity index (χ1n) is 7.82. The summed E-state index contributed by atoms with van der Waals surface area (Å²) in [6, 6.07) is 9.43. The van der Waals surface area contributed by atoms with E-state index in [2.05, 4.69) is 4.98 Å². The molecule has 0 atom stereocenters. The number of carbonyl (C=O) groups excluding carboxylic acids is 2. The Morgan fingerprint density at radius 3 is 2.58 bits per heavy atom. The molecule has 0 saturated heterocycles. The normalized spacial score (nSPS) is 10.7. The third-order valence-corrected chi connectivity index (χ3v) is 5.87. The molecule has 3 rings (SSSR count). The quantitative estimate of drug-likeness (QED) is 0.696. The van der Waals surface area contributed by atoms with Crippen LogP contribution in [0.3, 0.4) is 0 Å². The molecule has 5 nitrogen and oxygen atoms in total. The highest BCUT2D eigenvalue weighted by Gasteiger charge is 2.24. The summed E-state index contributed by atoms with van der Waals surface area (Å²) in [7, 11) is 0. The molecule has 8 heteroatoms. The van der Waals surface area contributed by atoms with E-state index < -0.39 is 11.7 Å². The van der Waals surface area contributed by atoms with E-state index in [1.807, 2.05) is 17.5 Å². The summed E-state index contributed by atoms with van der Waals surface area (Å²) in [4.78, 5) is 31.7. The topological polar surface area (TPSA) is 76.3 Å². The number of nitrogens with zero attached hydrogens (tertiary/aromatic N) is 2. The number of amides is 2. The van der Waals surface area contributed by atoms with Crippen LogP contribution in [0.5, 0.6) is 0 Å². The van der Waals surface area contributed by atoms with E-state index in [0.717, 1.165) is 9.88 Å². The molecular weight excluding hydrogens is 373 g/mol. The second-order valence-corrected chi connectivity index (χ2v) is 7.51. The average Bonchev–Trinajstić information content (AvgIpc) is 3.25. The summed E-state index contributed by atoms with van der Waals surface area (Å²) in [5, 5.41) is 2.72. The van der Waals surface area contributed by atoms with E-state index in [-0.39, 0.29) is 18.9 Å². The molecule has 1 aromatic carbocycles. The molecule has 0 bridgehead atoms. The van der Waals surface area contributed by atoms with Crippen LogP contribution < -0.4 is 10.6 Å². The first-order valence-corrected chi connectivity index (χ1v) is 9.52. The van der Waals surface area contributed by atoms with Crippen molar-refractivity contribution in [2.24, 2.45) is 5.73 Å². The van der Waals surface area contributed by atoms with Crippen molar-refractivity contribution in [2.45, 2.75) is 13.3 Å². The number of thiophene rings is 1. The molecular formula is C18H16FN3O2S2. The Hall–Kier alpha value is -2.58. The summed E-state index contributed by atoms with van der Waals surface area (Å²) >= 11 is 2.85. The number of carbonyl (C=O) groups is 2. The number of hydrogen-bond acceptors (Lipinski definition) is 5. The van der Waals surface area contributed by atoms with Gasteiger partial charge in [0.15, 0.2) is 0 Å². The molecule has 0 saturated carbocycles. The van der Waals surface area contributed by atoms with Crippen molar-refractivity contribution in [3.05, 3.63) is 58.2 Å². The summed E-state index contributed by atoms with van der Waals surface area (Å²) in [6.45, 7) is 1.89. The van der Waals surface area contributed by atoms with E-state index >= 15 is 0 Å². The Morgan fingerprint density at radius 2 is 1.96 bits per heavy atom. The highest BCUT2D eigenvalue weighted by atomic mass is 32.1. The first-order chi connectivity index (χ1) is 12.5. The van der Waals surface area contributed by atoms with Crippen molar-refractivity contribution in [1.82, 2.24) is 4.98 Å². The van der Waals surface area contributed by atoms with Crippen LogP contribution >= 0.6 is 22.7 Å². The minimum Gasteiger partial charge on any atom is -0.370 e. The fourth-order valence-corrected chi connectivity index (χ4v) is 4.23. The maximum absolute atomic E-state index is 13.2. The number of anilines is 1.